The van der Waals surface area contributed by atoms with Crippen molar-refractivity contribution in [3.63, 3.8) is 0 Å². The van der Waals surface area contributed by atoms with Crippen LogP contribution in [0.5, 0.6) is 5.75 Å². The lowest BCUT2D eigenvalue weighted by atomic mass is 10.2. The van der Waals surface area contributed by atoms with Crippen molar-refractivity contribution >= 4 is 0 Å². The van der Waals surface area contributed by atoms with Crippen LogP contribution in [0.4, 0.5) is 0 Å². The summed E-state index contributed by atoms with van der Waals surface area (Å²) < 4.78 is 10.8. The van der Waals surface area contributed by atoms with Gasteiger partial charge in [-0.1, -0.05) is 18.2 Å². The van der Waals surface area contributed by atoms with Crippen LogP contribution in [0.2, 0.25) is 0 Å². The first-order valence-corrected chi connectivity index (χ1v) is 7.27. The molecule has 0 saturated carbocycles. The number of hydrogen-bond acceptors (Lipinski definition) is 4. The van der Waals surface area contributed by atoms with Crippen molar-refractivity contribution in [2.24, 2.45) is 0 Å². The zero-order chi connectivity index (χ0) is 14.8. The van der Waals surface area contributed by atoms with Gasteiger partial charge < -0.3 is 14.8 Å². The maximum Gasteiger partial charge on any atom is 0.119 e. The highest BCUT2D eigenvalue weighted by Crippen LogP contribution is 2.12. The minimum Gasteiger partial charge on any atom is -0.491 e. The molecule has 0 radical (unpaired) electrons. The fourth-order valence-electron chi connectivity index (χ4n) is 1.92. The number of rotatable bonds is 9. The van der Waals surface area contributed by atoms with E-state index in [1.807, 2.05) is 31.3 Å². The topological polar surface area (TPSA) is 43.4 Å². The predicted octanol–water partition coefficient (Wildman–Crippen LogP) is 2.79. The Balaban J connectivity index is 1.69. The van der Waals surface area contributed by atoms with Gasteiger partial charge in [0.2, 0.25) is 0 Å². The van der Waals surface area contributed by atoms with E-state index in [0.717, 1.165) is 25.4 Å². The molecule has 2 aromatic rings. The van der Waals surface area contributed by atoms with Crippen LogP contribution in [-0.4, -0.2) is 24.8 Å². The maximum absolute atomic E-state index is 5.58. The monoisotopic (exact) mass is 286 g/mol. The number of benzene rings is 1. The lowest BCUT2D eigenvalue weighted by molar-refractivity contribution is 0.110. The zero-order valence-electron chi connectivity index (χ0n) is 12.4. The number of aromatic nitrogens is 1. The van der Waals surface area contributed by atoms with E-state index in [-0.39, 0.29) is 0 Å². The van der Waals surface area contributed by atoms with Gasteiger partial charge in [-0.05, 0) is 36.2 Å². The second-order valence-corrected chi connectivity index (χ2v) is 4.65. The highest BCUT2D eigenvalue weighted by molar-refractivity contribution is 5.27. The quantitative estimate of drug-likeness (QED) is 0.720. The van der Waals surface area contributed by atoms with Crippen molar-refractivity contribution in [3.05, 3.63) is 59.9 Å². The summed E-state index contributed by atoms with van der Waals surface area (Å²) in [5.74, 6) is 0.880. The van der Waals surface area contributed by atoms with Crippen LogP contribution in [0, 0.1) is 0 Å². The number of nitrogens with one attached hydrogen (secondary N) is 1. The van der Waals surface area contributed by atoms with Crippen molar-refractivity contribution in [3.8, 4) is 5.75 Å². The van der Waals surface area contributed by atoms with Crippen molar-refractivity contribution in [1.29, 1.82) is 0 Å². The molecule has 1 heterocycles. The standard InChI is InChI=1S/C17H22N2O2/c1-2-20-10-11-21-17-7-5-15(6-8-17)12-19-14-16-4-3-9-18-13-16/h3-9,13,19H,2,10-12,14H2,1H3. The van der Waals surface area contributed by atoms with Crippen LogP contribution >= 0.6 is 0 Å². The minimum atomic E-state index is 0.590. The van der Waals surface area contributed by atoms with E-state index in [4.69, 9.17) is 9.47 Å². The average Bonchev–Trinajstić information content (AvgIpc) is 2.54. The van der Waals surface area contributed by atoms with E-state index in [0.29, 0.717) is 13.2 Å². The Hall–Kier alpha value is -1.91. The first-order valence-electron chi connectivity index (χ1n) is 7.27. The molecule has 0 spiro atoms. The highest BCUT2D eigenvalue weighted by Gasteiger charge is 1.97. The zero-order valence-corrected chi connectivity index (χ0v) is 12.4. The molecule has 0 saturated heterocycles. The molecule has 0 aliphatic carbocycles. The average molecular weight is 286 g/mol. The molecule has 0 bridgehead atoms. The molecule has 1 aromatic carbocycles. The fraction of sp³-hybridized carbons (Fsp3) is 0.353. The molecule has 0 fully saturated rings. The lowest BCUT2D eigenvalue weighted by Crippen LogP contribution is -2.12. The molecular weight excluding hydrogens is 264 g/mol. The third kappa shape index (κ3) is 5.94. The Morgan fingerprint density at radius 1 is 1.00 bits per heavy atom. The van der Waals surface area contributed by atoms with Crippen LogP contribution in [0.15, 0.2) is 48.8 Å². The number of nitrogens with zero attached hydrogens (tertiary/aromatic N) is 1. The van der Waals surface area contributed by atoms with Gasteiger partial charge in [0.15, 0.2) is 0 Å². The van der Waals surface area contributed by atoms with Crippen LogP contribution < -0.4 is 10.1 Å². The lowest BCUT2D eigenvalue weighted by Gasteiger charge is -2.08. The van der Waals surface area contributed by atoms with Crippen molar-refractivity contribution in [2.75, 3.05) is 19.8 Å². The summed E-state index contributed by atoms with van der Waals surface area (Å²) in [5, 5.41) is 3.40. The Morgan fingerprint density at radius 3 is 2.52 bits per heavy atom. The molecule has 2 rings (SSSR count). The molecule has 1 aromatic heterocycles. The second-order valence-electron chi connectivity index (χ2n) is 4.65. The Kier molecular flexibility index (Phi) is 6.71. The molecule has 4 nitrogen and oxygen atoms in total. The first-order chi connectivity index (χ1) is 10.4. The molecule has 4 heteroatoms. The van der Waals surface area contributed by atoms with Gasteiger partial charge in [0.1, 0.15) is 12.4 Å². The number of hydrogen-bond donors (Lipinski definition) is 1. The van der Waals surface area contributed by atoms with E-state index >= 15 is 0 Å². The molecular formula is C17H22N2O2. The first kappa shape index (κ1) is 15.5. The van der Waals surface area contributed by atoms with Crippen LogP contribution in [0.3, 0.4) is 0 Å². The summed E-state index contributed by atoms with van der Waals surface area (Å²) in [6.07, 6.45) is 3.66. The smallest absolute Gasteiger partial charge is 0.119 e. The summed E-state index contributed by atoms with van der Waals surface area (Å²) >= 11 is 0. The molecule has 0 amide bonds. The summed E-state index contributed by atoms with van der Waals surface area (Å²) in [6.45, 7) is 5.57. The number of ether oxygens (including phenoxy) is 2. The summed E-state index contributed by atoms with van der Waals surface area (Å²) in [6, 6.07) is 12.2. The second kappa shape index (κ2) is 9.10. The van der Waals surface area contributed by atoms with Gasteiger partial charge in [-0.25, -0.2) is 0 Å². The van der Waals surface area contributed by atoms with Gasteiger partial charge in [-0.3, -0.25) is 4.98 Å². The van der Waals surface area contributed by atoms with E-state index in [1.54, 1.807) is 6.20 Å². The maximum atomic E-state index is 5.58. The van der Waals surface area contributed by atoms with E-state index in [9.17, 15) is 0 Å². The SMILES string of the molecule is CCOCCOc1ccc(CNCc2cccnc2)cc1. The molecule has 0 atom stereocenters. The molecule has 0 unspecified atom stereocenters. The molecule has 0 aliphatic heterocycles. The number of pyridine rings is 1. The van der Waals surface area contributed by atoms with Gasteiger partial charge in [-0.15, -0.1) is 0 Å². The van der Waals surface area contributed by atoms with Gasteiger partial charge in [0.05, 0.1) is 6.61 Å². The van der Waals surface area contributed by atoms with Crippen molar-refractivity contribution < 1.29 is 9.47 Å². The third-order valence-corrected chi connectivity index (χ3v) is 3.00. The van der Waals surface area contributed by atoms with Gasteiger partial charge in [-0.2, -0.15) is 0 Å². The normalized spacial score (nSPS) is 10.5. The summed E-state index contributed by atoms with van der Waals surface area (Å²) in [5.41, 5.74) is 2.42. The summed E-state index contributed by atoms with van der Waals surface area (Å²) in [4.78, 5) is 4.10. The van der Waals surface area contributed by atoms with Crippen molar-refractivity contribution in [1.82, 2.24) is 10.3 Å². The summed E-state index contributed by atoms with van der Waals surface area (Å²) in [7, 11) is 0. The van der Waals surface area contributed by atoms with Gasteiger partial charge >= 0.3 is 0 Å². The van der Waals surface area contributed by atoms with E-state index in [2.05, 4.69) is 28.5 Å². The highest BCUT2D eigenvalue weighted by atomic mass is 16.5. The van der Waals surface area contributed by atoms with Crippen LogP contribution in [0.25, 0.3) is 0 Å². The molecule has 112 valence electrons. The largest absolute Gasteiger partial charge is 0.491 e. The van der Waals surface area contributed by atoms with E-state index in [1.165, 1.54) is 11.1 Å². The third-order valence-electron chi connectivity index (χ3n) is 3.00. The van der Waals surface area contributed by atoms with Crippen LogP contribution in [0.1, 0.15) is 18.1 Å². The van der Waals surface area contributed by atoms with E-state index < -0.39 is 0 Å². The van der Waals surface area contributed by atoms with Crippen molar-refractivity contribution in [2.45, 2.75) is 20.0 Å². The predicted molar refractivity (Wildman–Crippen MR) is 83.2 cm³/mol. The Morgan fingerprint density at radius 2 is 1.81 bits per heavy atom. The Bertz CT molecular complexity index is 500. The molecule has 21 heavy (non-hydrogen) atoms. The van der Waals surface area contributed by atoms with Gasteiger partial charge in [0.25, 0.3) is 0 Å². The fourth-order valence-corrected chi connectivity index (χ4v) is 1.92. The van der Waals surface area contributed by atoms with Gasteiger partial charge in [0, 0.05) is 32.1 Å². The Labute approximate surface area is 126 Å². The minimum absolute atomic E-state index is 0.590. The van der Waals surface area contributed by atoms with Crippen LogP contribution in [-0.2, 0) is 17.8 Å². The molecule has 1 N–H and O–H groups in total. The molecule has 0 aliphatic rings.